The fourth-order valence-corrected chi connectivity index (χ4v) is 2.91. The SMILES string of the molecule is O=C(N/N=C/c1c(O)n(-c2ccccn2)c(=O)c2ccccc12)c1ccncc1. The van der Waals surface area contributed by atoms with Crippen LogP contribution in [0.4, 0.5) is 0 Å². The molecule has 8 nitrogen and oxygen atoms in total. The third kappa shape index (κ3) is 3.46. The van der Waals surface area contributed by atoms with Crippen LogP contribution in [0.25, 0.3) is 16.6 Å². The molecule has 0 bridgehead atoms. The van der Waals surface area contributed by atoms with E-state index in [1.807, 2.05) is 0 Å². The summed E-state index contributed by atoms with van der Waals surface area (Å²) in [6.45, 7) is 0. The lowest BCUT2D eigenvalue weighted by Crippen LogP contribution is -2.21. The molecule has 142 valence electrons. The zero-order valence-electron chi connectivity index (χ0n) is 15.1. The van der Waals surface area contributed by atoms with Gasteiger partial charge in [-0.05, 0) is 30.3 Å². The van der Waals surface area contributed by atoms with Crippen molar-refractivity contribution < 1.29 is 9.90 Å². The molecule has 0 fully saturated rings. The van der Waals surface area contributed by atoms with Crippen LogP contribution in [0.15, 0.2) is 83.1 Å². The monoisotopic (exact) mass is 385 g/mol. The normalized spacial score (nSPS) is 11.0. The summed E-state index contributed by atoms with van der Waals surface area (Å²) in [5.74, 6) is -0.476. The van der Waals surface area contributed by atoms with Crippen LogP contribution in [0.3, 0.4) is 0 Å². The van der Waals surface area contributed by atoms with Crippen molar-refractivity contribution in [1.29, 1.82) is 0 Å². The predicted molar refractivity (Wildman–Crippen MR) is 108 cm³/mol. The van der Waals surface area contributed by atoms with Crippen molar-refractivity contribution in [3.05, 3.63) is 94.7 Å². The largest absolute Gasteiger partial charge is 0.494 e. The number of hydrogen-bond acceptors (Lipinski definition) is 6. The van der Waals surface area contributed by atoms with Crippen molar-refractivity contribution in [2.45, 2.75) is 0 Å². The Morgan fingerprint density at radius 1 is 1.00 bits per heavy atom. The zero-order valence-corrected chi connectivity index (χ0v) is 15.1. The van der Waals surface area contributed by atoms with E-state index in [0.29, 0.717) is 16.3 Å². The van der Waals surface area contributed by atoms with Crippen LogP contribution in [0.1, 0.15) is 15.9 Å². The number of carbonyl (C=O) groups excluding carboxylic acids is 1. The smallest absolute Gasteiger partial charge is 0.271 e. The van der Waals surface area contributed by atoms with Crippen LogP contribution >= 0.6 is 0 Å². The molecule has 2 N–H and O–H groups in total. The highest BCUT2D eigenvalue weighted by Gasteiger charge is 2.16. The first kappa shape index (κ1) is 18.1. The Kier molecular flexibility index (Phi) is 4.81. The van der Waals surface area contributed by atoms with Gasteiger partial charge in [-0.15, -0.1) is 0 Å². The standard InChI is InChI=1S/C21H15N5O3/c27-19(14-8-11-22-12-9-14)25-24-13-17-15-5-1-2-6-16(15)20(28)26(21(17)29)18-7-3-4-10-23-18/h1-13,29H,(H,25,27)/b24-13+. The first-order valence-electron chi connectivity index (χ1n) is 8.68. The highest BCUT2D eigenvalue weighted by atomic mass is 16.3. The Balaban J connectivity index is 1.80. The van der Waals surface area contributed by atoms with Crippen LogP contribution < -0.4 is 11.0 Å². The second-order valence-corrected chi connectivity index (χ2v) is 6.05. The Morgan fingerprint density at radius 2 is 1.72 bits per heavy atom. The molecule has 1 aromatic carbocycles. The summed E-state index contributed by atoms with van der Waals surface area (Å²) in [7, 11) is 0. The molecule has 4 aromatic rings. The minimum Gasteiger partial charge on any atom is -0.494 e. The molecule has 8 heteroatoms. The van der Waals surface area contributed by atoms with E-state index in [9.17, 15) is 14.7 Å². The lowest BCUT2D eigenvalue weighted by Gasteiger charge is -2.12. The van der Waals surface area contributed by atoms with Crippen LogP contribution in [0.5, 0.6) is 5.88 Å². The topological polar surface area (TPSA) is 109 Å². The highest BCUT2D eigenvalue weighted by molar-refractivity contribution is 6.02. The molecule has 0 unspecified atom stereocenters. The number of carbonyl (C=O) groups is 1. The second kappa shape index (κ2) is 7.73. The maximum absolute atomic E-state index is 12.9. The van der Waals surface area contributed by atoms with Crippen molar-refractivity contribution in [2.75, 3.05) is 0 Å². The van der Waals surface area contributed by atoms with Crippen LogP contribution in [0, 0.1) is 0 Å². The van der Waals surface area contributed by atoms with Crippen LogP contribution in [-0.2, 0) is 0 Å². The van der Waals surface area contributed by atoms with Gasteiger partial charge in [0.15, 0.2) is 0 Å². The first-order valence-corrected chi connectivity index (χ1v) is 8.68. The Morgan fingerprint density at radius 3 is 2.45 bits per heavy atom. The summed E-state index contributed by atoms with van der Waals surface area (Å²) >= 11 is 0. The minimum atomic E-state index is -0.425. The van der Waals surface area contributed by atoms with E-state index in [0.717, 1.165) is 4.57 Å². The number of rotatable bonds is 4. The van der Waals surface area contributed by atoms with E-state index in [2.05, 4.69) is 20.5 Å². The molecule has 3 heterocycles. The third-order valence-corrected chi connectivity index (χ3v) is 4.28. The van der Waals surface area contributed by atoms with E-state index >= 15 is 0 Å². The summed E-state index contributed by atoms with van der Waals surface area (Å²) in [6.07, 6.45) is 5.83. The molecule has 0 radical (unpaired) electrons. The summed E-state index contributed by atoms with van der Waals surface area (Å²) < 4.78 is 1.11. The summed E-state index contributed by atoms with van der Waals surface area (Å²) in [4.78, 5) is 33.1. The number of nitrogens with one attached hydrogen (secondary N) is 1. The molecular weight excluding hydrogens is 370 g/mol. The van der Waals surface area contributed by atoms with Gasteiger partial charge in [0.25, 0.3) is 11.5 Å². The number of pyridine rings is 3. The van der Waals surface area contributed by atoms with Gasteiger partial charge in [0.05, 0.1) is 11.8 Å². The van der Waals surface area contributed by atoms with E-state index < -0.39 is 11.5 Å². The van der Waals surface area contributed by atoms with Crippen molar-refractivity contribution >= 4 is 22.9 Å². The number of aromatic hydroxyl groups is 1. The Bertz CT molecular complexity index is 1270. The molecule has 0 aliphatic carbocycles. The van der Waals surface area contributed by atoms with E-state index in [1.165, 1.54) is 24.8 Å². The number of hydrogen-bond donors (Lipinski definition) is 2. The van der Waals surface area contributed by atoms with Gasteiger partial charge in [-0.2, -0.15) is 5.10 Å². The fraction of sp³-hybridized carbons (Fsp3) is 0. The summed E-state index contributed by atoms with van der Waals surface area (Å²) in [5, 5.41) is 15.7. The molecule has 1 amide bonds. The van der Waals surface area contributed by atoms with Crippen LogP contribution in [0.2, 0.25) is 0 Å². The predicted octanol–water partition coefficient (Wildman–Crippen LogP) is 2.25. The number of nitrogens with zero attached hydrogens (tertiary/aromatic N) is 4. The maximum Gasteiger partial charge on any atom is 0.271 e. The summed E-state index contributed by atoms with van der Waals surface area (Å²) in [5.41, 5.74) is 2.67. The molecule has 0 saturated carbocycles. The number of benzene rings is 1. The van der Waals surface area contributed by atoms with Crippen molar-refractivity contribution in [3.63, 3.8) is 0 Å². The Hall–Kier alpha value is -4.33. The number of hydrazone groups is 1. The number of aromatic nitrogens is 3. The van der Waals surface area contributed by atoms with E-state index in [-0.39, 0.29) is 17.3 Å². The molecular formula is C21H15N5O3. The Labute approximate surface area is 164 Å². The lowest BCUT2D eigenvalue weighted by atomic mass is 10.1. The van der Waals surface area contributed by atoms with Gasteiger partial charge in [-0.1, -0.05) is 24.3 Å². The van der Waals surface area contributed by atoms with Crippen molar-refractivity contribution in [3.8, 4) is 11.7 Å². The molecule has 0 aliphatic heterocycles. The molecule has 4 rings (SSSR count). The minimum absolute atomic E-state index is 0.274. The highest BCUT2D eigenvalue weighted by Crippen LogP contribution is 2.25. The number of fused-ring (bicyclic) bond motifs is 1. The molecule has 29 heavy (non-hydrogen) atoms. The lowest BCUT2D eigenvalue weighted by molar-refractivity contribution is 0.0955. The van der Waals surface area contributed by atoms with Gasteiger partial charge >= 0.3 is 0 Å². The van der Waals surface area contributed by atoms with Crippen molar-refractivity contribution in [2.24, 2.45) is 5.10 Å². The van der Waals surface area contributed by atoms with Gasteiger partial charge in [0.1, 0.15) is 5.82 Å². The zero-order chi connectivity index (χ0) is 20.2. The quantitative estimate of drug-likeness (QED) is 0.414. The van der Waals surface area contributed by atoms with Gasteiger partial charge in [-0.3, -0.25) is 14.6 Å². The third-order valence-electron chi connectivity index (χ3n) is 4.28. The fourth-order valence-electron chi connectivity index (χ4n) is 2.91. The van der Waals surface area contributed by atoms with Gasteiger partial charge in [0, 0.05) is 34.9 Å². The van der Waals surface area contributed by atoms with Crippen LogP contribution in [-0.4, -0.2) is 31.8 Å². The van der Waals surface area contributed by atoms with Gasteiger partial charge < -0.3 is 5.11 Å². The van der Waals surface area contributed by atoms with Gasteiger partial charge in [-0.25, -0.2) is 15.0 Å². The average Bonchev–Trinajstić information content (AvgIpc) is 2.77. The molecule has 0 spiro atoms. The van der Waals surface area contributed by atoms with Crippen molar-refractivity contribution in [1.82, 2.24) is 20.0 Å². The number of amides is 1. The van der Waals surface area contributed by atoms with E-state index in [4.69, 9.17) is 0 Å². The molecule has 3 aromatic heterocycles. The second-order valence-electron chi connectivity index (χ2n) is 6.05. The van der Waals surface area contributed by atoms with Gasteiger partial charge in [0.2, 0.25) is 5.88 Å². The maximum atomic E-state index is 12.9. The first-order chi connectivity index (χ1) is 14.2. The summed E-state index contributed by atoms with van der Waals surface area (Å²) in [6, 6.07) is 15.0. The molecule has 0 atom stereocenters. The average molecular weight is 385 g/mol. The molecule has 0 saturated heterocycles. The van der Waals surface area contributed by atoms with E-state index in [1.54, 1.807) is 54.6 Å². The molecule has 0 aliphatic rings.